The fourth-order valence-electron chi connectivity index (χ4n) is 1.82. The van der Waals surface area contributed by atoms with Crippen LogP contribution in [-0.2, 0) is 14.8 Å². The number of nitrogens with one attached hydrogen (secondary N) is 1. The van der Waals surface area contributed by atoms with Crippen LogP contribution < -0.4 is 4.72 Å². The van der Waals surface area contributed by atoms with Gasteiger partial charge in [-0.3, -0.25) is 4.72 Å². The van der Waals surface area contributed by atoms with Crippen molar-refractivity contribution < 1.29 is 18.3 Å². The van der Waals surface area contributed by atoms with Gasteiger partial charge < -0.3 is 5.11 Å². The summed E-state index contributed by atoms with van der Waals surface area (Å²) in [5, 5.41) is 8.87. The largest absolute Gasteiger partial charge is 0.478 e. The van der Waals surface area contributed by atoms with Crippen molar-refractivity contribution in [2.24, 2.45) is 0 Å². The molecule has 2 aromatic carbocycles. The molecule has 0 aliphatic rings. The van der Waals surface area contributed by atoms with Crippen LogP contribution in [0.4, 0.5) is 5.69 Å². The van der Waals surface area contributed by atoms with E-state index in [0.717, 1.165) is 0 Å². The standard InChI is InChI=1S/C16H15NO4S/c1-12(16(18)19)10-13-6-5-7-14(11-13)17-22(20,21)15-8-3-2-4-9-15/h2-11,17H,1H3,(H,18,19)/b12-10+. The number of aliphatic carboxylic acids is 1. The maximum atomic E-state index is 12.2. The van der Waals surface area contributed by atoms with Crippen molar-refractivity contribution in [2.45, 2.75) is 11.8 Å². The number of carboxylic acid groups (broad SMARTS) is 1. The van der Waals surface area contributed by atoms with E-state index in [1.165, 1.54) is 25.1 Å². The lowest BCUT2D eigenvalue weighted by Gasteiger charge is -2.08. The van der Waals surface area contributed by atoms with Crippen LogP contribution in [0.1, 0.15) is 12.5 Å². The molecule has 0 saturated heterocycles. The highest BCUT2D eigenvalue weighted by atomic mass is 32.2. The molecule has 0 fully saturated rings. The molecule has 0 heterocycles. The SMILES string of the molecule is C/C(=C\c1cccc(NS(=O)(=O)c2ccccc2)c1)C(=O)O. The third kappa shape index (κ3) is 3.95. The summed E-state index contributed by atoms with van der Waals surface area (Å²) >= 11 is 0. The average Bonchev–Trinajstić information content (AvgIpc) is 2.48. The number of hydrogen-bond acceptors (Lipinski definition) is 3. The molecule has 0 saturated carbocycles. The Bertz CT molecular complexity index is 811. The second-order valence-corrected chi connectivity index (χ2v) is 6.36. The van der Waals surface area contributed by atoms with Crippen molar-refractivity contribution in [2.75, 3.05) is 4.72 Å². The Kier molecular flexibility index (Phi) is 4.62. The van der Waals surface area contributed by atoms with Crippen LogP contribution >= 0.6 is 0 Å². The van der Waals surface area contributed by atoms with E-state index in [4.69, 9.17) is 5.11 Å². The summed E-state index contributed by atoms with van der Waals surface area (Å²) < 4.78 is 26.9. The topological polar surface area (TPSA) is 83.5 Å². The molecule has 2 rings (SSSR count). The molecule has 0 aliphatic heterocycles. The number of benzene rings is 2. The van der Waals surface area contributed by atoms with Gasteiger partial charge in [-0.15, -0.1) is 0 Å². The molecule has 0 unspecified atom stereocenters. The third-order valence-corrected chi connectivity index (χ3v) is 4.31. The number of hydrogen-bond donors (Lipinski definition) is 2. The van der Waals surface area contributed by atoms with Crippen LogP contribution in [0, 0.1) is 0 Å². The normalized spacial score (nSPS) is 12.0. The highest BCUT2D eigenvalue weighted by Gasteiger charge is 2.13. The van der Waals surface area contributed by atoms with E-state index >= 15 is 0 Å². The first-order chi connectivity index (χ1) is 10.4. The van der Waals surface area contributed by atoms with Gasteiger partial charge in [-0.05, 0) is 42.8 Å². The van der Waals surface area contributed by atoms with Gasteiger partial charge in [0.15, 0.2) is 0 Å². The monoisotopic (exact) mass is 317 g/mol. The minimum Gasteiger partial charge on any atom is -0.478 e. The zero-order valence-corrected chi connectivity index (χ0v) is 12.7. The lowest BCUT2D eigenvalue weighted by atomic mass is 10.1. The Balaban J connectivity index is 2.28. The van der Waals surface area contributed by atoms with Crippen LogP contribution in [0.15, 0.2) is 65.1 Å². The maximum Gasteiger partial charge on any atom is 0.331 e. The quantitative estimate of drug-likeness (QED) is 0.830. The number of anilines is 1. The van der Waals surface area contributed by atoms with E-state index in [9.17, 15) is 13.2 Å². The summed E-state index contributed by atoms with van der Waals surface area (Å²) in [5.74, 6) is -1.02. The molecule has 0 bridgehead atoms. The first-order valence-corrected chi connectivity index (χ1v) is 7.96. The lowest BCUT2D eigenvalue weighted by molar-refractivity contribution is -0.132. The molecule has 0 atom stereocenters. The molecule has 5 nitrogen and oxygen atoms in total. The molecule has 0 spiro atoms. The van der Waals surface area contributed by atoms with Crippen molar-refractivity contribution >= 4 is 27.8 Å². The minimum atomic E-state index is -3.66. The van der Waals surface area contributed by atoms with Crippen molar-refractivity contribution in [1.82, 2.24) is 0 Å². The van der Waals surface area contributed by atoms with Gasteiger partial charge in [0, 0.05) is 11.3 Å². The maximum absolute atomic E-state index is 12.2. The van der Waals surface area contributed by atoms with Crippen molar-refractivity contribution in [3.8, 4) is 0 Å². The van der Waals surface area contributed by atoms with Gasteiger partial charge in [0.1, 0.15) is 0 Å². The zero-order valence-electron chi connectivity index (χ0n) is 11.9. The predicted octanol–water partition coefficient (Wildman–Crippen LogP) is 2.98. The van der Waals surface area contributed by atoms with Gasteiger partial charge in [0.2, 0.25) is 0 Å². The molecule has 114 valence electrons. The van der Waals surface area contributed by atoms with Crippen LogP contribution in [0.3, 0.4) is 0 Å². The van der Waals surface area contributed by atoms with Crippen LogP contribution in [-0.4, -0.2) is 19.5 Å². The summed E-state index contributed by atoms with van der Waals surface area (Å²) in [6, 6.07) is 14.6. The summed E-state index contributed by atoms with van der Waals surface area (Å²) in [5.41, 5.74) is 1.15. The smallest absolute Gasteiger partial charge is 0.331 e. The van der Waals surface area contributed by atoms with Crippen LogP contribution in [0.25, 0.3) is 6.08 Å². The van der Waals surface area contributed by atoms with Gasteiger partial charge in [-0.1, -0.05) is 30.3 Å². The van der Waals surface area contributed by atoms with E-state index in [-0.39, 0.29) is 10.5 Å². The summed E-state index contributed by atoms with van der Waals surface area (Å²) in [6.45, 7) is 1.48. The van der Waals surface area contributed by atoms with E-state index in [1.54, 1.807) is 42.5 Å². The Morgan fingerprint density at radius 1 is 1.09 bits per heavy atom. The van der Waals surface area contributed by atoms with E-state index in [1.807, 2.05) is 0 Å². The molecular formula is C16H15NO4S. The van der Waals surface area contributed by atoms with Gasteiger partial charge in [-0.25, -0.2) is 13.2 Å². The Hall–Kier alpha value is -2.60. The molecule has 2 aromatic rings. The minimum absolute atomic E-state index is 0.165. The summed E-state index contributed by atoms with van der Waals surface area (Å²) in [6.07, 6.45) is 1.47. The second kappa shape index (κ2) is 6.44. The van der Waals surface area contributed by atoms with Gasteiger partial charge in [0.05, 0.1) is 4.90 Å². The number of carbonyl (C=O) groups is 1. The summed E-state index contributed by atoms with van der Waals surface area (Å²) in [4.78, 5) is 11.0. The zero-order chi connectivity index (χ0) is 16.2. The molecule has 22 heavy (non-hydrogen) atoms. The molecule has 0 aromatic heterocycles. The molecule has 0 radical (unpaired) electrons. The number of carboxylic acids is 1. The molecule has 2 N–H and O–H groups in total. The molecular weight excluding hydrogens is 302 g/mol. The predicted molar refractivity (Wildman–Crippen MR) is 85.0 cm³/mol. The second-order valence-electron chi connectivity index (χ2n) is 4.68. The van der Waals surface area contributed by atoms with Crippen LogP contribution in [0.2, 0.25) is 0 Å². The number of sulfonamides is 1. The third-order valence-electron chi connectivity index (χ3n) is 2.91. The van der Waals surface area contributed by atoms with Gasteiger partial charge >= 0.3 is 5.97 Å². The van der Waals surface area contributed by atoms with Crippen LogP contribution in [0.5, 0.6) is 0 Å². The van der Waals surface area contributed by atoms with Crippen molar-refractivity contribution in [1.29, 1.82) is 0 Å². The number of rotatable bonds is 5. The average molecular weight is 317 g/mol. The molecule has 0 aliphatic carbocycles. The van der Waals surface area contributed by atoms with E-state index in [0.29, 0.717) is 11.3 Å². The lowest BCUT2D eigenvalue weighted by Crippen LogP contribution is -2.12. The highest BCUT2D eigenvalue weighted by molar-refractivity contribution is 7.92. The van der Waals surface area contributed by atoms with Crippen molar-refractivity contribution in [3.05, 3.63) is 65.7 Å². The Morgan fingerprint density at radius 3 is 2.41 bits per heavy atom. The Morgan fingerprint density at radius 2 is 1.77 bits per heavy atom. The molecule has 6 heteroatoms. The van der Waals surface area contributed by atoms with Crippen molar-refractivity contribution in [3.63, 3.8) is 0 Å². The van der Waals surface area contributed by atoms with Gasteiger partial charge in [0.25, 0.3) is 10.0 Å². The Labute approximate surface area is 129 Å². The highest BCUT2D eigenvalue weighted by Crippen LogP contribution is 2.18. The molecule has 0 amide bonds. The van der Waals surface area contributed by atoms with E-state index in [2.05, 4.69) is 4.72 Å². The fourth-order valence-corrected chi connectivity index (χ4v) is 2.89. The fraction of sp³-hybridized carbons (Fsp3) is 0.0625. The van der Waals surface area contributed by atoms with E-state index < -0.39 is 16.0 Å². The van der Waals surface area contributed by atoms with Gasteiger partial charge in [-0.2, -0.15) is 0 Å². The summed E-state index contributed by atoms with van der Waals surface area (Å²) in [7, 11) is -3.66. The first-order valence-electron chi connectivity index (χ1n) is 6.48. The first kappa shape index (κ1) is 15.8.